The van der Waals surface area contributed by atoms with Crippen LogP contribution in [0.4, 0.5) is 4.39 Å². The number of halogens is 1. The maximum atomic E-state index is 12.9. The zero-order valence-electron chi connectivity index (χ0n) is 16.4. The lowest BCUT2D eigenvalue weighted by molar-refractivity contribution is -0.150. The van der Waals surface area contributed by atoms with E-state index in [2.05, 4.69) is 5.10 Å². The van der Waals surface area contributed by atoms with Crippen LogP contribution in [0.2, 0.25) is 0 Å². The zero-order chi connectivity index (χ0) is 21.6. The van der Waals surface area contributed by atoms with Crippen LogP contribution in [0.3, 0.4) is 0 Å². The second-order valence-corrected chi connectivity index (χ2v) is 9.69. The number of esters is 1. The highest BCUT2D eigenvalue weighted by Crippen LogP contribution is 2.35. The molecule has 1 aliphatic rings. The number of carbonyl (C=O) groups is 2. The van der Waals surface area contributed by atoms with Crippen LogP contribution in [0.25, 0.3) is 0 Å². The number of amides is 1. The molecule has 3 heterocycles. The van der Waals surface area contributed by atoms with E-state index in [-0.39, 0.29) is 30.1 Å². The van der Waals surface area contributed by atoms with Gasteiger partial charge in [-0.3, -0.25) is 9.59 Å². The van der Waals surface area contributed by atoms with Gasteiger partial charge in [0.25, 0.3) is 5.91 Å². The van der Waals surface area contributed by atoms with Gasteiger partial charge in [-0.2, -0.15) is 5.10 Å². The summed E-state index contributed by atoms with van der Waals surface area (Å²) in [4.78, 5) is 26.9. The van der Waals surface area contributed by atoms with Crippen molar-refractivity contribution >= 4 is 52.0 Å². The van der Waals surface area contributed by atoms with Crippen molar-refractivity contribution in [1.82, 2.24) is 5.01 Å². The Bertz CT molecular complexity index is 1050. The number of benzene rings is 1. The first kappa shape index (κ1) is 21.7. The quantitative estimate of drug-likeness (QED) is 0.426. The van der Waals surface area contributed by atoms with E-state index in [4.69, 9.17) is 4.74 Å². The van der Waals surface area contributed by atoms with E-state index >= 15 is 0 Å². The maximum absolute atomic E-state index is 12.9. The van der Waals surface area contributed by atoms with Gasteiger partial charge in [0.05, 0.1) is 22.4 Å². The average molecular weight is 475 g/mol. The number of thioether (sulfide) groups is 1. The predicted octanol–water partition coefficient (Wildman–Crippen LogP) is 5.10. The van der Waals surface area contributed by atoms with Crippen molar-refractivity contribution in [2.45, 2.75) is 18.2 Å². The van der Waals surface area contributed by atoms with Crippen molar-refractivity contribution in [3.05, 3.63) is 80.4 Å². The number of hydrazone groups is 1. The van der Waals surface area contributed by atoms with Crippen LogP contribution < -0.4 is 0 Å². The number of hydrogen-bond acceptors (Lipinski definition) is 7. The molecule has 0 saturated heterocycles. The van der Waals surface area contributed by atoms with Gasteiger partial charge < -0.3 is 4.74 Å². The highest BCUT2D eigenvalue weighted by molar-refractivity contribution is 7.99. The fraction of sp³-hybridized carbons (Fsp3) is 0.227. The molecule has 1 unspecified atom stereocenters. The van der Waals surface area contributed by atoms with Crippen molar-refractivity contribution in [1.29, 1.82) is 0 Å². The predicted molar refractivity (Wildman–Crippen MR) is 123 cm³/mol. The van der Waals surface area contributed by atoms with Gasteiger partial charge >= 0.3 is 5.97 Å². The normalized spacial score (nSPS) is 15.7. The summed E-state index contributed by atoms with van der Waals surface area (Å²) in [5.41, 5.74) is 1.78. The van der Waals surface area contributed by atoms with Gasteiger partial charge in [0, 0.05) is 17.1 Å². The lowest BCUT2D eigenvalue weighted by Gasteiger charge is -2.20. The van der Waals surface area contributed by atoms with E-state index in [1.165, 1.54) is 28.9 Å². The molecule has 160 valence electrons. The van der Waals surface area contributed by atoms with Crippen LogP contribution in [-0.4, -0.2) is 35.0 Å². The maximum Gasteiger partial charge on any atom is 0.316 e. The van der Waals surface area contributed by atoms with E-state index < -0.39 is 5.97 Å². The minimum atomic E-state index is -0.463. The molecule has 5 nitrogen and oxygen atoms in total. The molecular weight excluding hydrogens is 455 g/mol. The number of rotatable bonds is 8. The fourth-order valence-corrected chi connectivity index (χ4v) is 5.43. The molecule has 31 heavy (non-hydrogen) atoms. The summed E-state index contributed by atoms with van der Waals surface area (Å²) in [6, 6.07) is 13.8. The van der Waals surface area contributed by atoms with Crippen LogP contribution in [0.1, 0.15) is 27.8 Å². The Balaban J connectivity index is 1.31. The van der Waals surface area contributed by atoms with Gasteiger partial charge in [0.1, 0.15) is 5.82 Å². The summed E-state index contributed by atoms with van der Waals surface area (Å²) < 4.78 is 18.1. The Morgan fingerprint density at radius 2 is 1.90 bits per heavy atom. The highest BCUT2D eigenvalue weighted by atomic mass is 32.2. The molecule has 2 aromatic heterocycles. The fourth-order valence-electron chi connectivity index (χ4n) is 3.12. The molecule has 1 amide bonds. The first-order chi connectivity index (χ1) is 15.1. The number of nitrogens with zero attached hydrogens (tertiary/aromatic N) is 2. The standard InChI is InChI=1S/C22H19FN2O3S3/c23-16-7-5-15(6-8-16)13-29-14-22(27)28-12-21(26)25-18(20-4-2-10-31-20)11-17(24-25)19-3-1-9-30-19/h1-10,18H,11-14H2. The molecule has 0 saturated carbocycles. The van der Waals surface area contributed by atoms with Crippen molar-refractivity contribution in [3.63, 3.8) is 0 Å². The Kier molecular flexibility index (Phi) is 7.16. The van der Waals surface area contributed by atoms with E-state index in [1.807, 2.05) is 35.0 Å². The van der Waals surface area contributed by atoms with Crippen LogP contribution in [-0.2, 0) is 20.1 Å². The van der Waals surface area contributed by atoms with E-state index in [1.54, 1.807) is 34.8 Å². The number of hydrogen-bond donors (Lipinski definition) is 0. The SMILES string of the molecule is O=C(CSCc1ccc(F)cc1)OCC(=O)N1N=C(c2cccs2)CC1c1cccs1. The first-order valence-corrected chi connectivity index (χ1v) is 12.5. The monoisotopic (exact) mass is 474 g/mol. The molecule has 1 aromatic carbocycles. The molecule has 9 heteroatoms. The summed E-state index contributed by atoms with van der Waals surface area (Å²) in [5, 5.41) is 9.94. The highest BCUT2D eigenvalue weighted by Gasteiger charge is 2.34. The van der Waals surface area contributed by atoms with Crippen LogP contribution >= 0.6 is 34.4 Å². The summed E-state index contributed by atoms with van der Waals surface area (Å²) in [5.74, 6) is -0.427. The molecule has 1 atom stereocenters. The Morgan fingerprint density at radius 1 is 1.13 bits per heavy atom. The number of carbonyl (C=O) groups excluding carboxylic acids is 2. The third kappa shape index (κ3) is 5.61. The Hall–Kier alpha value is -2.49. The molecule has 1 aliphatic heterocycles. The van der Waals surface area contributed by atoms with Crippen LogP contribution in [0.15, 0.2) is 64.4 Å². The van der Waals surface area contributed by atoms with Gasteiger partial charge in [-0.1, -0.05) is 24.3 Å². The van der Waals surface area contributed by atoms with Gasteiger partial charge in [-0.25, -0.2) is 9.40 Å². The number of thiophene rings is 2. The van der Waals surface area contributed by atoms with E-state index in [9.17, 15) is 14.0 Å². The van der Waals surface area contributed by atoms with E-state index in [0.717, 1.165) is 21.0 Å². The van der Waals surface area contributed by atoms with Gasteiger partial charge in [-0.15, -0.1) is 34.4 Å². The molecule has 0 bridgehead atoms. The van der Waals surface area contributed by atoms with Crippen molar-refractivity contribution < 1.29 is 18.7 Å². The summed E-state index contributed by atoms with van der Waals surface area (Å²) in [7, 11) is 0. The lowest BCUT2D eigenvalue weighted by Crippen LogP contribution is -2.31. The molecule has 0 radical (unpaired) electrons. The zero-order valence-corrected chi connectivity index (χ0v) is 18.9. The second kappa shape index (κ2) is 10.2. The van der Waals surface area contributed by atoms with Crippen molar-refractivity contribution in [2.24, 2.45) is 5.10 Å². The summed E-state index contributed by atoms with van der Waals surface area (Å²) in [6.07, 6.45) is 0.633. The Morgan fingerprint density at radius 3 is 2.61 bits per heavy atom. The molecular formula is C22H19FN2O3S3. The van der Waals surface area contributed by atoms with Crippen molar-refractivity contribution in [2.75, 3.05) is 12.4 Å². The minimum absolute atomic E-state index is 0.114. The van der Waals surface area contributed by atoms with Crippen LogP contribution in [0, 0.1) is 5.82 Å². The third-order valence-electron chi connectivity index (χ3n) is 4.60. The van der Waals surface area contributed by atoms with Gasteiger partial charge in [0.2, 0.25) is 0 Å². The lowest BCUT2D eigenvalue weighted by atomic mass is 10.1. The average Bonchev–Trinajstić information content (AvgIpc) is 3.54. The summed E-state index contributed by atoms with van der Waals surface area (Å²) >= 11 is 4.52. The minimum Gasteiger partial charge on any atom is -0.455 e. The molecule has 3 aromatic rings. The molecule has 0 aliphatic carbocycles. The van der Waals surface area contributed by atoms with E-state index in [0.29, 0.717) is 12.2 Å². The molecule has 0 N–H and O–H groups in total. The van der Waals surface area contributed by atoms with Crippen molar-refractivity contribution in [3.8, 4) is 0 Å². The van der Waals surface area contributed by atoms with Gasteiger partial charge in [-0.05, 0) is 40.6 Å². The molecule has 4 rings (SSSR count). The van der Waals surface area contributed by atoms with Gasteiger partial charge in [0.15, 0.2) is 6.61 Å². The number of ether oxygens (including phenoxy) is 1. The molecule has 0 fully saturated rings. The Labute approximate surface area is 191 Å². The smallest absolute Gasteiger partial charge is 0.316 e. The first-order valence-electron chi connectivity index (χ1n) is 9.55. The third-order valence-corrected chi connectivity index (χ3v) is 7.47. The largest absolute Gasteiger partial charge is 0.455 e. The molecule has 0 spiro atoms. The topological polar surface area (TPSA) is 59.0 Å². The summed E-state index contributed by atoms with van der Waals surface area (Å²) in [6.45, 7) is -0.348. The second-order valence-electron chi connectivity index (χ2n) is 6.78. The van der Waals surface area contributed by atoms with Crippen LogP contribution in [0.5, 0.6) is 0 Å².